The van der Waals surface area contributed by atoms with Crippen LogP contribution in [0.15, 0.2) is 77.0 Å². The molecule has 3 heterocycles. The number of rotatable bonds is 5. The first-order valence-corrected chi connectivity index (χ1v) is 12.2. The van der Waals surface area contributed by atoms with Crippen molar-refractivity contribution in [2.45, 2.75) is 33.2 Å². The SMILES string of the molecule is CCc1ccc(N2C(=O)NC(c3ccc(C)cc3)C(c3nc(-c4ccc5c(c4)OCO5)no3)=C2C)cc1. The Bertz CT molecular complexity index is 1510. The molecular weight excluding hydrogens is 468 g/mol. The molecule has 8 nitrogen and oxygen atoms in total. The molecule has 6 rings (SSSR count). The minimum atomic E-state index is -0.454. The molecule has 0 radical (unpaired) electrons. The van der Waals surface area contributed by atoms with Crippen molar-refractivity contribution >= 4 is 17.3 Å². The molecule has 0 saturated carbocycles. The Morgan fingerprint density at radius 2 is 1.73 bits per heavy atom. The van der Waals surface area contributed by atoms with Gasteiger partial charge in [-0.3, -0.25) is 4.90 Å². The van der Waals surface area contributed by atoms with Gasteiger partial charge in [0.05, 0.1) is 17.3 Å². The average Bonchev–Trinajstić information content (AvgIpc) is 3.59. The van der Waals surface area contributed by atoms with Crippen molar-refractivity contribution in [2.24, 2.45) is 0 Å². The van der Waals surface area contributed by atoms with Crippen LogP contribution < -0.4 is 19.7 Å². The van der Waals surface area contributed by atoms with Gasteiger partial charge >= 0.3 is 6.03 Å². The quantitative estimate of drug-likeness (QED) is 0.364. The number of aromatic nitrogens is 2. The maximum Gasteiger partial charge on any atom is 0.326 e. The Morgan fingerprint density at radius 3 is 2.49 bits per heavy atom. The minimum absolute atomic E-state index is 0.190. The van der Waals surface area contributed by atoms with Crippen molar-refractivity contribution in [3.05, 3.63) is 95.0 Å². The summed E-state index contributed by atoms with van der Waals surface area (Å²) in [5.41, 5.74) is 6.23. The second kappa shape index (κ2) is 9.13. The summed E-state index contributed by atoms with van der Waals surface area (Å²) in [5, 5.41) is 7.41. The van der Waals surface area contributed by atoms with Gasteiger partial charge in [0.2, 0.25) is 12.6 Å². The highest BCUT2D eigenvalue weighted by molar-refractivity contribution is 6.01. The average molecular weight is 495 g/mol. The van der Waals surface area contributed by atoms with Crippen LogP contribution in [0.4, 0.5) is 10.5 Å². The summed E-state index contributed by atoms with van der Waals surface area (Å²) in [5.74, 6) is 2.09. The van der Waals surface area contributed by atoms with E-state index in [9.17, 15) is 4.79 Å². The van der Waals surface area contributed by atoms with E-state index >= 15 is 0 Å². The predicted molar refractivity (Wildman–Crippen MR) is 139 cm³/mol. The number of benzene rings is 3. The molecule has 2 aliphatic heterocycles. The fourth-order valence-electron chi connectivity index (χ4n) is 4.71. The minimum Gasteiger partial charge on any atom is -0.454 e. The van der Waals surface area contributed by atoms with Crippen LogP contribution in [-0.4, -0.2) is 23.0 Å². The molecule has 2 amide bonds. The van der Waals surface area contributed by atoms with Gasteiger partial charge in [0.15, 0.2) is 11.5 Å². The van der Waals surface area contributed by atoms with Crippen molar-refractivity contribution in [1.29, 1.82) is 0 Å². The number of amides is 2. The lowest BCUT2D eigenvalue weighted by Gasteiger charge is -2.35. The molecule has 3 aromatic carbocycles. The third kappa shape index (κ3) is 4.10. The highest BCUT2D eigenvalue weighted by atomic mass is 16.7. The Labute approximate surface area is 214 Å². The standard InChI is InChI=1S/C29H26N4O4/c1-4-19-7-12-22(13-8-19)33-18(3)25(26(30-29(33)34)20-9-5-17(2)6-10-20)28-31-27(32-37-28)21-11-14-23-24(15-21)36-16-35-23/h5-15,26H,4,16H2,1-3H3,(H,30,34). The Kier molecular flexibility index (Phi) is 5.64. The van der Waals surface area contributed by atoms with E-state index in [1.54, 1.807) is 4.90 Å². The highest BCUT2D eigenvalue weighted by Gasteiger charge is 2.36. The molecule has 0 aliphatic carbocycles. The van der Waals surface area contributed by atoms with Gasteiger partial charge in [0.25, 0.3) is 5.89 Å². The Hall–Kier alpha value is -4.59. The summed E-state index contributed by atoms with van der Waals surface area (Å²) >= 11 is 0. The number of hydrogen-bond donors (Lipinski definition) is 1. The van der Waals surface area contributed by atoms with Gasteiger partial charge in [0, 0.05) is 11.3 Å². The van der Waals surface area contributed by atoms with Crippen LogP contribution in [-0.2, 0) is 6.42 Å². The number of nitrogens with zero attached hydrogens (tertiary/aromatic N) is 3. The molecular formula is C29H26N4O4. The summed E-state index contributed by atoms with van der Waals surface area (Å²) < 4.78 is 16.7. The number of aryl methyl sites for hydroxylation is 2. The molecule has 1 atom stereocenters. The number of carbonyl (C=O) groups excluding carboxylic acids is 1. The van der Waals surface area contributed by atoms with Crippen molar-refractivity contribution in [1.82, 2.24) is 15.5 Å². The van der Waals surface area contributed by atoms with Gasteiger partial charge in [-0.1, -0.05) is 54.0 Å². The number of hydrogen-bond acceptors (Lipinski definition) is 6. The molecule has 4 aromatic rings. The topological polar surface area (TPSA) is 89.7 Å². The fourth-order valence-corrected chi connectivity index (χ4v) is 4.71. The van der Waals surface area contributed by atoms with Gasteiger partial charge < -0.3 is 19.3 Å². The Morgan fingerprint density at radius 1 is 0.973 bits per heavy atom. The van der Waals surface area contributed by atoms with Crippen LogP contribution in [0.3, 0.4) is 0 Å². The van der Waals surface area contributed by atoms with E-state index in [2.05, 4.69) is 17.4 Å². The summed E-state index contributed by atoms with van der Waals surface area (Å²) in [6.07, 6.45) is 0.923. The number of allylic oxidation sites excluding steroid dienone is 1. The van der Waals surface area contributed by atoms with Gasteiger partial charge in [-0.2, -0.15) is 4.98 Å². The molecule has 1 N–H and O–H groups in total. The number of carbonyl (C=O) groups is 1. The van der Waals surface area contributed by atoms with Gasteiger partial charge in [-0.25, -0.2) is 4.79 Å². The van der Waals surface area contributed by atoms with Crippen LogP contribution in [0.1, 0.15) is 42.5 Å². The smallest absolute Gasteiger partial charge is 0.326 e. The summed E-state index contributed by atoms with van der Waals surface area (Å²) in [7, 11) is 0. The summed E-state index contributed by atoms with van der Waals surface area (Å²) in [6.45, 7) is 6.23. The van der Waals surface area contributed by atoms with Gasteiger partial charge in [-0.05, 0) is 61.7 Å². The largest absolute Gasteiger partial charge is 0.454 e. The maximum absolute atomic E-state index is 13.4. The van der Waals surface area contributed by atoms with E-state index in [4.69, 9.17) is 19.0 Å². The molecule has 2 aliphatic rings. The third-order valence-corrected chi connectivity index (χ3v) is 6.79. The van der Waals surface area contributed by atoms with E-state index in [0.717, 1.165) is 40.1 Å². The van der Waals surface area contributed by atoms with Crippen molar-refractivity contribution < 1.29 is 18.8 Å². The number of urea groups is 1. The van der Waals surface area contributed by atoms with Gasteiger partial charge in [-0.15, -0.1) is 0 Å². The maximum atomic E-state index is 13.4. The number of nitrogens with one attached hydrogen (secondary N) is 1. The van der Waals surface area contributed by atoms with Crippen molar-refractivity contribution in [3.8, 4) is 22.9 Å². The lowest BCUT2D eigenvalue weighted by atomic mass is 9.94. The van der Waals surface area contributed by atoms with Crippen LogP contribution in [0.2, 0.25) is 0 Å². The third-order valence-electron chi connectivity index (χ3n) is 6.79. The van der Waals surface area contributed by atoms with Crippen LogP contribution >= 0.6 is 0 Å². The summed E-state index contributed by atoms with van der Waals surface area (Å²) in [6, 6.07) is 20.9. The monoisotopic (exact) mass is 494 g/mol. The molecule has 1 unspecified atom stereocenters. The Balaban J connectivity index is 1.45. The molecule has 186 valence electrons. The van der Waals surface area contributed by atoms with E-state index in [1.807, 2.05) is 80.6 Å². The summed E-state index contributed by atoms with van der Waals surface area (Å²) in [4.78, 5) is 19.8. The van der Waals surface area contributed by atoms with E-state index in [0.29, 0.717) is 23.2 Å². The van der Waals surface area contributed by atoms with Crippen LogP contribution in [0.5, 0.6) is 11.5 Å². The lowest BCUT2D eigenvalue weighted by Crippen LogP contribution is -2.46. The molecule has 1 aromatic heterocycles. The second-order valence-corrected chi connectivity index (χ2v) is 9.14. The fraction of sp³-hybridized carbons (Fsp3) is 0.207. The van der Waals surface area contributed by atoms with E-state index in [-0.39, 0.29) is 12.8 Å². The molecule has 8 heteroatoms. The first-order valence-electron chi connectivity index (χ1n) is 12.2. The zero-order valence-electron chi connectivity index (χ0n) is 20.8. The van der Waals surface area contributed by atoms with Crippen molar-refractivity contribution in [3.63, 3.8) is 0 Å². The second-order valence-electron chi connectivity index (χ2n) is 9.14. The van der Waals surface area contributed by atoms with Crippen LogP contribution in [0, 0.1) is 6.92 Å². The van der Waals surface area contributed by atoms with E-state index < -0.39 is 6.04 Å². The first kappa shape index (κ1) is 22.8. The molecule has 0 fully saturated rings. The van der Waals surface area contributed by atoms with E-state index in [1.165, 1.54) is 5.56 Å². The normalized spacial score (nSPS) is 16.8. The first-order chi connectivity index (χ1) is 18.0. The zero-order chi connectivity index (χ0) is 25.5. The lowest BCUT2D eigenvalue weighted by molar-refractivity contribution is 0.174. The molecule has 37 heavy (non-hydrogen) atoms. The molecule has 0 spiro atoms. The van der Waals surface area contributed by atoms with Gasteiger partial charge in [0.1, 0.15) is 0 Å². The zero-order valence-corrected chi connectivity index (χ0v) is 20.8. The molecule has 0 bridgehead atoms. The number of anilines is 1. The van der Waals surface area contributed by atoms with Crippen molar-refractivity contribution in [2.75, 3.05) is 11.7 Å². The van der Waals surface area contributed by atoms with Crippen LogP contribution in [0.25, 0.3) is 17.0 Å². The molecule has 0 saturated heterocycles. The number of ether oxygens (including phenoxy) is 2. The number of fused-ring (bicyclic) bond motifs is 1. The highest BCUT2D eigenvalue weighted by Crippen LogP contribution is 2.40. The predicted octanol–water partition coefficient (Wildman–Crippen LogP) is 6.04.